The van der Waals surface area contributed by atoms with Crippen molar-refractivity contribution in [1.82, 2.24) is 0 Å². The standard InChI is InChI=1S/C11H17NO/c1-2-13-9-11(12)8-10-6-4-3-5-7-10/h3-7,11H,2,8-9,12H2,1H3. The summed E-state index contributed by atoms with van der Waals surface area (Å²) >= 11 is 0. The Labute approximate surface area is 79.7 Å². The maximum atomic E-state index is 5.87. The minimum Gasteiger partial charge on any atom is -0.380 e. The fourth-order valence-electron chi connectivity index (χ4n) is 1.24. The van der Waals surface area contributed by atoms with E-state index in [1.165, 1.54) is 5.56 Å². The maximum absolute atomic E-state index is 5.87. The summed E-state index contributed by atoms with van der Waals surface area (Å²) in [5, 5.41) is 0. The van der Waals surface area contributed by atoms with Gasteiger partial charge in [0, 0.05) is 12.6 Å². The van der Waals surface area contributed by atoms with Crippen LogP contribution in [0.3, 0.4) is 0 Å². The smallest absolute Gasteiger partial charge is 0.0620 e. The van der Waals surface area contributed by atoms with Crippen molar-refractivity contribution < 1.29 is 4.74 Å². The van der Waals surface area contributed by atoms with Gasteiger partial charge in [-0.1, -0.05) is 30.3 Å². The summed E-state index contributed by atoms with van der Waals surface area (Å²) in [6.07, 6.45) is 0.890. The lowest BCUT2D eigenvalue weighted by Crippen LogP contribution is -2.28. The molecule has 2 heteroatoms. The van der Waals surface area contributed by atoms with E-state index in [1.807, 2.05) is 25.1 Å². The van der Waals surface area contributed by atoms with Crippen molar-refractivity contribution in [3.05, 3.63) is 35.9 Å². The summed E-state index contributed by atoms with van der Waals surface area (Å²) in [6, 6.07) is 10.4. The summed E-state index contributed by atoms with van der Waals surface area (Å²) in [5.41, 5.74) is 7.14. The van der Waals surface area contributed by atoms with E-state index in [9.17, 15) is 0 Å². The monoisotopic (exact) mass is 179 g/mol. The average molecular weight is 179 g/mol. The van der Waals surface area contributed by atoms with Crippen molar-refractivity contribution in [3.63, 3.8) is 0 Å². The molecule has 1 aromatic rings. The molecule has 0 bridgehead atoms. The molecular weight excluding hydrogens is 162 g/mol. The van der Waals surface area contributed by atoms with Gasteiger partial charge in [0.05, 0.1) is 6.61 Å². The molecule has 1 rings (SSSR count). The molecule has 0 aliphatic rings. The van der Waals surface area contributed by atoms with Crippen molar-refractivity contribution >= 4 is 0 Å². The Morgan fingerprint density at radius 3 is 2.62 bits per heavy atom. The van der Waals surface area contributed by atoms with Gasteiger partial charge in [-0.15, -0.1) is 0 Å². The summed E-state index contributed by atoms with van der Waals surface area (Å²) in [4.78, 5) is 0. The molecule has 2 nitrogen and oxygen atoms in total. The summed E-state index contributed by atoms with van der Waals surface area (Å²) < 4.78 is 5.24. The minimum absolute atomic E-state index is 0.113. The predicted octanol–water partition coefficient (Wildman–Crippen LogP) is 1.59. The molecular formula is C11H17NO. The van der Waals surface area contributed by atoms with Crippen LogP contribution in [0.4, 0.5) is 0 Å². The van der Waals surface area contributed by atoms with Crippen LogP contribution >= 0.6 is 0 Å². The van der Waals surface area contributed by atoms with E-state index in [1.54, 1.807) is 0 Å². The number of ether oxygens (including phenoxy) is 1. The molecule has 0 spiro atoms. The van der Waals surface area contributed by atoms with E-state index in [2.05, 4.69) is 12.1 Å². The number of hydrogen-bond acceptors (Lipinski definition) is 2. The summed E-state index contributed by atoms with van der Waals surface area (Å²) in [6.45, 7) is 3.36. The van der Waals surface area contributed by atoms with E-state index in [4.69, 9.17) is 10.5 Å². The lowest BCUT2D eigenvalue weighted by Gasteiger charge is -2.10. The van der Waals surface area contributed by atoms with Crippen LogP contribution in [0.2, 0.25) is 0 Å². The normalized spacial score (nSPS) is 12.8. The first-order valence-corrected chi connectivity index (χ1v) is 4.70. The highest BCUT2D eigenvalue weighted by Gasteiger charge is 2.02. The molecule has 0 saturated heterocycles. The largest absolute Gasteiger partial charge is 0.380 e. The highest BCUT2D eigenvalue weighted by Crippen LogP contribution is 2.01. The Hall–Kier alpha value is -0.860. The van der Waals surface area contributed by atoms with E-state index < -0.39 is 0 Å². The molecule has 0 fully saturated rings. The first kappa shape index (κ1) is 10.2. The highest BCUT2D eigenvalue weighted by atomic mass is 16.5. The lowest BCUT2D eigenvalue weighted by atomic mass is 10.1. The molecule has 0 radical (unpaired) electrons. The number of nitrogens with two attached hydrogens (primary N) is 1. The van der Waals surface area contributed by atoms with Gasteiger partial charge in [0.15, 0.2) is 0 Å². The maximum Gasteiger partial charge on any atom is 0.0620 e. The first-order valence-electron chi connectivity index (χ1n) is 4.70. The Morgan fingerprint density at radius 1 is 1.31 bits per heavy atom. The Bertz CT molecular complexity index is 223. The number of hydrogen-bond donors (Lipinski definition) is 1. The molecule has 0 aliphatic carbocycles. The third-order valence-corrected chi connectivity index (χ3v) is 1.88. The lowest BCUT2D eigenvalue weighted by molar-refractivity contribution is 0.133. The van der Waals surface area contributed by atoms with Gasteiger partial charge in [-0.25, -0.2) is 0 Å². The van der Waals surface area contributed by atoms with E-state index in [0.29, 0.717) is 6.61 Å². The van der Waals surface area contributed by atoms with Crippen molar-refractivity contribution in [2.45, 2.75) is 19.4 Å². The topological polar surface area (TPSA) is 35.2 Å². The van der Waals surface area contributed by atoms with E-state index >= 15 is 0 Å². The third kappa shape index (κ3) is 4.06. The molecule has 1 aromatic carbocycles. The van der Waals surface area contributed by atoms with Crippen LogP contribution in [-0.4, -0.2) is 19.3 Å². The Morgan fingerprint density at radius 2 is 2.00 bits per heavy atom. The second-order valence-electron chi connectivity index (χ2n) is 3.11. The number of benzene rings is 1. The molecule has 1 atom stereocenters. The number of rotatable bonds is 5. The van der Waals surface area contributed by atoms with Crippen LogP contribution < -0.4 is 5.73 Å². The Kier molecular flexibility index (Phi) is 4.50. The molecule has 0 aliphatic heterocycles. The van der Waals surface area contributed by atoms with Crippen LogP contribution in [0.25, 0.3) is 0 Å². The van der Waals surface area contributed by atoms with Gasteiger partial charge in [0.25, 0.3) is 0 Å². The van der Waals surface area contributed by atoms with E-state index in [-0.39, 0.29) is 6.04 Å². The van der Waals surface area contributed by atoms with Crippen LogP contribution in [0, 0.1) is 0 Å². The molecule has 72 valence electrons. The van der Waals surface area contributed by atoms with Crippen molar-refractivity contribution in [3.8, 4) is 0 Å². The quantitative estimate of drug-likeness (QED) is 0.745. The SMILES string of the molecule is CCOCC(N)Cc1ccccc1. The van der Waals surface area contributed by atoms with Gasteiger partial charge in [-0.05, 0) is 18.9 Å². The van der Waals surface area contributed by atoms with Crippen molar-refractivity contribution in [1.29, 1.82) is 0 Å². The molecule has 1 unspecified atom stereocenters. The van der Waals surface area contributed by atoms with Gasteiger partial charge in [-0.2, -0.15) is 0 Å². The zero-order valence-corrected chi connectivity index (χ0v) is 8.07. The van der Waals surface area contributed by atoms with Crippen LogP contribution in [0.5, 0.6) is 0 Å². The molecule has 0 heterocycles. The zero-order chi connectivity index (χ0) is 9.52. The van der Waals surface area contributed by atoms with Crippen molar-refractivity contribution in [2.24, 2.45) is 5.73 Å². The first-order chi connectivity index (χ1) is 6.33. The Balaban J connectivity index is 2.32. The fourth-order valence-corrected chi connectivity index (χ4v) is 1.24. The summed E-state index contributed by atoms with van der Waals surface area (Å²) in [7, 11) is 0. The second-order valence-corrected chi connectivity index (χ2v) is 3.11. The minimum atomic E-state index is 0.113. The van der Waals surface area contributed by atoms with Crippen LogP contribution in [0.1, 0.15) is 12.5 Å². The highest BCUT2D eigenvalue weighted by molar-refractivity contribution is 5.15. The van der Waals surface area contributed by atoms with E-state index in [0.717, 1.165) is 13.0 Å². The average Bonchev–Trinajstić information content (AvgIpc) is 2.16. The molecule has 0 aromatic heterocycles. The molecule has 0 saturated carbocycles. The predicted molar refractivity (Wildman–Crippen MR) is 54.6 cm³/mol. The van der Waals surface area contributed by atoms with Gasteiger partial charge in [0.2, 0.25) is 0 Å². The van der Waals surface area contributed by atoms with Gasteiger partial charge < -0.3 is 10.5 Å². The van der Waals surface area contributed by atoms with Crippen LogP contribution in [0.15, 0.2) is 30.3 Å². The van der Waals surface area contributed by atoms with Crippen molar-refractivity contribution in [2.75, 3.05) is 13.2 Å². The summed E-state index contributed by atoms with van der Waals surface area (Å²) in [5.74, 6) is 0. The zero-order valence-electron chi connectivity index (χ0n) is 8.07. The van der Waals surface area contributed by atoms with Gasteiger partial charge in [0.1, 0.15) is 0 Å². The molecule has 2 N–H and O–H groups in total. The molecule has 0 amide bonds. The van der Waals surface area contributed by atoms with Gasteiger partial charge >= 0.3 is 0 Å². The van der Waals surface area contributed by atoms with Gasteiger partial charge in [-0.3, -0.25) is 0 Å². The van der Waals surface area contributed by atoms with Crippen LogP contribution in [-0.2, 0) is 11.2 Å². The second kappa shape index (κ2) is 5.73. The fraction of sp³-hybridized carbons (Fsp3) is 0.455. The third-order valence-electron chi connectivity index (χ3n) is 1.88. The molecule has 13 heavy (non-hydrogen) atoms.